The van der Waals surface area contributed by atoms with Crippen LogP contribution in [0.15, 0.2) is 18.2 Å². The summed E-state index contributed by atoms with van der Waals surface area (Å²) in [6, 6.07) is 4.92. The van der Waals surface area contributed by atoms with Gasteiger partial charge in [-0.3, -0.25) is 0 Å². The van der Waals surface area contributed by atoms with E-state index in [1.54, 1.807) is 6.07 Å². The van der Waals surface area contributed by atoms with Gasteiger partial charge in [0.15, 0.2) is 0 Å². The van der Waals surface area contributed by atoms with Crippen molar-refractivity contribution in [1.29, 1.82) is 0 Å². The molecule has 51 valence electrons. The second-order valence-electron chi connectivity index (χ2n) is 1.93. The summed E-state index contributed by atoms with van der Waals surface area (Å²) >= 11 is 6.85. The Kier molecular flexibility index (Phi) is 2.98. The minimum atomic E-state index is -0.318. The Labute approximate surface area is 77.5 Å². The zero-order valence-electron chi connectivity index (χ0n) is 5.20. The van der Waals surface area contributed by atoms with Gasteiger partial charge in [0.1, 0.15) is 0 Å². The number of halogens is 2. The van der Waals surface area contributed by atoms with Crippen LogP contribution in [-0.4, -0.2) is 22.5 Å². The summed E-state index contributed by atoms with van der Waals surface area (Å²) in [5, 5.41) is 0.202. The van der Waals surface area contributed by atoms with Gasteiger partial charge in [0, 0.05) is 0 Å². The van der Waals surface area contributed by atoms with Crippen LogP contribution in [-0.2, 0) is 4.44 Å². The summed E-state index contributed by atoms with van der Waals surface area (Å²) in [5.74, 6) is -0.318. The van der Waals surface area contributed by atoms with Gasteiger partial charge in [-0.2, -0.15) is 0 Å². The molecule has 0 heterocycles. The van der Waals surface area contributed by atoms with Gasteiger partial charge in [0.2, 0.25) is 0 Å². The van der Waals surface area contributed by atoms with E-state index in [9.17, 15) is 4.39 Å². The van der Waals surface area contributed by atoms with Crippen LogP contribution >= 0.6 is 11.6 Å². The Bertz CT molecular complexity index is 237. The van der Waals surface area contributed by atoms with Crippen molar-refractivity contribution in [3.8, 4) is 0 Å². The number of hydrogen-bond donors (Lipinski definition) is 0. The Morgan fingerprint density at radius 3 is 2.70 bits per heavy atom. The third-order valence-corrected chi connectivity index (χ3v) is 2.66. The molecule has 0 aliphatic carbocycles. The number of rotatable bonds is 1. The molecule has 0 atom stereocenters. The Morgan fingerprint density at radius 1 is 1.50 bits per heavy atom. The van der Waals surface area contributed by atoms with Crippen molar-refractivity contribution < 1.29 is 4.39 Å². The fourth-order valence-electron chi connectivity index (χ4n) is 0.650. The van der Waals surface area contributed by atoms with Gasteiger partial charge in [-0.15, -0.1) is 0 Å². The third kappa shape index (κ3) is 1.86. The van der Waals surface area contributed by atoms with Crippen LogP contribution in [0.3, 0.4) is 0 Å². The van der Waals surface area contributed by atoms with Crippen molar-refractivity contribution >= 4 is 34.1 Å². The van der Waals surface area contributed by atoms with E-state index in [1.807, 2.05) is 6.07 Å². The standard InChI is InChI=1S/C7H5ClF.Sn/c1-5-2-3-6(8)7(9)4-5;/h2-4H,1H2;. The van der Waals surface area contributed by atoms with Crippen molar-refractivity contribution in [3.05, 3.63) is 34.6 Å². The van der Waals surface area contributed by atoms with E-state index in [0.29, 0.717) is 0 Å². The maximum atomic E-state index is 12.6. The zero-order valence-corrected chi connectivity index (χ0v) is 8.81. The van der Waals surface area contributed by atoms with Crippen LogP contribution < -0.4 is 0 Å². The van der Waals surface area contributed by atoms with E-state index in [1.165, 1.54) is 28.6 Å². The predicted octanol–water partition coefficient (Wildman–Crippen LogP) is 2.15. The SMILES string of the molecule is Fc1cc([CH2][Sn])ccc1Cl. The average Bonchev–Trinajstić information content (AvgIpc) is 1.95. The molecule has 3 heteroatoms. The summed E-state index contributed by atoms with van der Waals surface area (Å²) in [6.45, 7) is 0. The second kappa shape index (κ2) is 3.58. The van der Waals surface area contributed by atoms with E-state index < -0.39 is 0 Å². The van der Waals surface area contributed by atoms with E-state index in [0.717, 1.165) is 10.0 Å². The molecule has 0 amide bonds. The number of hydrogen-bond acceptors (Lipinski definition) is 0. The number of benzene rings is 1. The van der Waals surface area contributed by atoms with Gasteiger partial charge in [0.25, 0.3) is 0 Å². The van der Waals surface area contributed by atoms with Crippen LogP contribution in [0.25, 0.3) is 0 Å². The van der Waals surface area contributed by atoms with Gasteiger partial charge in [-0.05, 0) is 0 Å². The van der Waals surface area contributed by atoms with Crippen LogP contribution in [0.4, 0.5) is 4.39 Å². The molecule has 0 aromatic heterocycles. The molecule has 0 N–H and O–H groups in total. The van der Waals surface area contributed by atoms with E-state index >= 15 is 0 Å². The summed E-state index contributed by atoms with van der Waals surface area (Å²) in [6.07, 6.45) is 0. The fraction of sp³-hybridized carbons (Fsp3) is 0.143. The summed E-state index contributed by atoms with van der Waals surface area (Å²) < 4.78 is 13.6. The van der Waals surface area contributed by atoms with Gasteiger partial charge >= 0.3 is 77.6 Å². The quantitative estimate of drug-likeness (QED) is 0.680. The average molecular weight is 262 g/mol. The second-order valence-corrected chi connectivity index (χ2v) is 3.34. The van der Waals surface area contributed by atoms with Crippen molar-refractivity contribution in [1.82, 2.24) is 0 Å². The first-order valence-corrected chi connectivity index (χ1v) is 5.22. The first-order valence-electron chi connectivity index (χ1n) is 2.82. The van der Waals surface area contributed by atoms with Gasteiger partial charge in [0.05, 0.1) is 0 Å². The van der Waals surface area contributed by atoms with Crippen LogP contribution in [0, 0.1) is 5.82 Å². The molecule has 0 spiro atoms. The molecule has 0 aliphatic rings. The normalized spacial score (nSPS) is 9.90. The first kappa shape index (κ1) is 8.34. The molecule has 1 aromatic carbocycles. The molecule has 0 nitrogen and oxygen atoms in total. The summed E-state index contributed by atoms with van der Waals surface area (Å²) in [4.78, 5) is 0. The van der Waals surface area contributed by atoms with E-state index in [2.05, 4.69) is 0 Å². The third-order valence-electron chi connectivity index (χ3n) is 1.19. The molecule has 10 heavy (non-hydrogen) atoms. The predicted molar refractivity (Wildman–Crippen MR) is 40.9 cm³/mol. The molecule has 3 radical (unpaired) electrons. The van der Waals surface area contributed by atoms with E-state index in [4.69, 9.17) is 11.6 Å². The molecule has 0 saturated carbocycles. The van der Waals surface area contributed by atoms with Crippen molar-refractivity contribution in [2.24, 2.45) is 0 Å². The van der Waals surface area contributed by atoms with Gasteiger partial charge in [-0.1, -0.05) is 0 Å². The van der Waals surface area contributed by atoms with Gasteiger partial charge < -0.3 is 0 Å². The molecular weight excluding hydrogens is 257 g/mol. The molecule has 0 bridgehead atoms. The summed E-state index contributed by atoms with van der Waals surface area (Å²) in [7, 11) is 0. The van der Waals surface area contributed by atoms with Crippen molar-refractivity contribution in [3.63, 3.8) is 0 Å². The molecule has 1 aromatic rings. The zero-order chi connectivity index (χ0) is 7.56. The van der Waals surface area contributed by atoms with Crippen LogP contribution in [0.5, 0.6) is 0 Å². The monoisotopic (exact) mass is 263 g/mol. The Hall–Kier alpha value is 0.239. The molecular formula is C7H5ClFSn. The first-order chi connectivity index (χ1) is 4.74. The van der Waals surface area contributed by atoms with Crippen molar-refractivity contribution in [2.75, 3.05) is 0 Å². The molecule has 0 saturated heterocycles. The topological polar surface area (TPSA) is 0 Å². The Morgan fingerprint density at radius 2 is 2.20 bits per heavy atom. The van der Waals surface area contributed by atoms with Gasteiger partial charge in [-0.25, -0.2) is 0 Å². The molecule has 1 rings (SSSR count). The molecule has 0 aliphatic heterocycles. The maximum absolute atomic E-state index is 12.6. The minimum absolute atomic E-state index is 0.202. The van der Waals surface area contributed by atoms with Crippen molar-refractivity contribution in [2.45, 2.75) is 4.44 Å². The molecule has 0 unspecified atom stereocenters. The van der Waals surface area contributed by atoms with Crippen LogP contribution in [0.2, 0.25) is 5.02 Å². The molecule has 0 fully saturated rings. The Balaban J connectivity index is 3.04. The van der Waals surface area contributed by atoms with Crippen LogP contribution in [0.1, 0.15) is 5.56 Å². The summed E-state index contributed by atoms with van der Waals surface area (Å²) in [5.41, 5.74) is 1.01. The fourth-order valence-corrected chi connectivity index (χ4v) is 1.39. The van der Waals surface area contributed by atoms with E-state index in [-0.39, 0.29) is 10.8 Å².